The van der Waals surface area contributed by atoms with Gasteiger partial charge >= 0.3 is 5.97 Å². The Labute approximate surface area is 127 Å². The quantitative estimate of drug-likeness (QED) is 0.692. The van der Waals surface area contributed by atoms with Gasteiger partial charge in [0.05, 0.1) is 23.6 Å². The van der Waals surface area contributed by atoms with Crippen molar-refractivity contribution in [3.8, 4) is 11.6 Å². The highest BCUT2D eigenvalue weighted by Gasteiger charge is 2.09. The van der Waals surface area contributed by atoms with E-state index in [-0.39, 0.29) is 0 Å². The van der Waals surface area contributed by atoms with Gasteiger partial charge in [-0.05, 0) is 37.3 Å². The number of rotatable bonds is 3. The molecule has 1 heterocycles. The summed E-state index contributed by atoms with van der Waals surface area (Å²) in [6.07, 6.45) is 1.46. The lowest BCUT2D eigenvalue weighted by Gasteiger charge is -2.08. The van der Waals surface area contributed by atoms with Gasteiger partial charge in [-0.15, -0.1) is 0 Å². The standard InChI is InChI=1S/C17H14N2O3/c1-11-6-7-15-14(8-11)16(19-10-18-15)22-13-5-3-4-12(9-13)17(20)21-2/h3-10H,1-2H3. The number of fused-ring (bicyclic) bond motifs is 1. The molecule has 0 atom stereocenters. The van der Waals surface area contributed by atoms with Crippen molar-refractivity contribution in [1.82, 2.24) is 9.97 Å². The van der Waals surface area contributed by atoms with Crippen LogP contribution in [0.5, 0.6) is 11.6 Å². The van der Waals surface area contributed by atoms with Crippen LogP contribution in [-0.4, -0.2) is 23.0 Å². The summed E-state index contributed by atoms with van der Waals surface area (Å²) in [7, 11) is 1.34. The molecule has 0 amide bonds. The number of hydrogen-bond donors (Lipinski definition) is 0. The van der Waals surface area contributed by atoms with E-state index in [4.69, 9.17) is 9.47 Å². The lowest BCUT2D eigenvalue weighted by molar-refractivity contribution is 0.0600. The van der Waals surface area contributed by atoms with Crippen molar-refractivity contribution in [3.63, 3.8) is 0 Å². The predicted octanol–water partition coefficient (Wildman–Crippen LogP) is 3.52. The van der Waals surface area contributed by atoms with Crippen LogP contribution in [0, 0.1) is 6.92 Å². The zero-order valence-electron chi connectivity index (χ0n) is 12.2. The number of carbonyl (C=O) groups is 1. The van der Waals surface area contributed by atoms with E-state index in [1.807, 2.05) is 25.1 Å². The largest absolute Gasteiger partial charge is 0.465 e. The lowest BCUT2D eigenvalue weighted by Crippen LogP contribution is -2.01. The fourth-order valence-electron chi connectivity index (χ4n) is 2.14. The molecule has 22 heavy (non-hydrogen) atoms. The van der Waals surface area contributed by atoms with Gasteiger partial charge in [-0.25, -0.2) is 14.8 Å². The molecule has 2 aromatic carbocycles. The van der Waals surface area contributed by atoms with Crippen LogP contribution in [-0.2, 0) is 4.74 Å². The predicted molar refractivity (Wildman–Crippen MR) is 82.1 cm³/mol. The fourth-order valence-corrected chi connectivity index (χ4v) is 2.14. The van der Waals surface area contributed by atoms with E-state index in [0.717, 1.165) is 16.5 Å². The Balaban J connectivity index is 2.00. The fraction of sp³-hybridized carbons (Fsp3) is 0.118. The van der Waals surface area contributed by atoms with Crippen molar-refractivity contribution >= 4 is 16.9 Å². The van der Waals surface area contributed by atoms with Crippen molar-refractivity contribution in [2.45, 2.75) is 6.92 Å². The van der Waals surface area contributed by atoms with Crippen LogP contribution >= 0.6 is 0 Å². The Morgan fingerprint density at radius 2 is 1.95 bits per heavy atom. The molecule has 0 N–H and O–H groups in total. The minimum atomic E-state index is -0.408. The van der Waals surface area contributed by atoms with Gasteiger partial charge in [0.25, 0.3) is 0 Å². The summed E-state index contributed by atoms with van der Waals surface area (Å²) in [6, 6.07) is 12.7. The summed E-state index contributed by atoms with van der Waals surface area (Å²) >= 11 is 0. The van der Waals surface area contributed by atoms with E-state index in [2.05, 4.69) is 9.97 Å². The maximum atomic E-state index is 11.6. The number of aryl methyl sites for hydroxylation is 1. The summed E-state index contributed by atoms with van der Waals surface area (Å²) in [5.41, 5.74) is 2.32. The van der Waals surface area contributed by atoms with Gasteiger partial charge in [-0.1, -0.05) is 17.7 Å². The zero-order chi connectivity index (χ0) is 15.5. The Morgan fingerprint density at radius 3 is 2.77 bits per heavy atom. The molecule has 0 bridgehead atoms. The first-order valence-electron chi connectivity index (χ1n) is 6.75. The van der Waals surface area contributed by atoms with E-state index in [9.17, 15) is 4.79 Å². The minimum absolute atomic E-state index is 0.408. The molecule has 0 saturated heterocycles. The molecule has 5 nitrogen and oxygen atoms in total. The van der Waals surface area contributed by atoms with Crippen molar-refractivity contribution in [1.29, 1.82) is 0 Å². The maximum absolute atomic E-state index is 11.6. The second-order valence-corrected chi connectivity index (χ2v) is 4.82. The van der Waals surface area contributed by atoms with Crippen LogP contribution in [0.2, 0.25) is 0 Å². The Kier molecular flexibility index (Phi) is 3.70. The normalized spacial score (nSPS) is 10.5. The third kappa shape index (κ3) is 2.74. The highest BCUT2D eigenvalue weighted by molar-refractivity contribution is 5.90. The summed E-state index contributed by atoms with van der Waals surface area (Å²) in [5.74, 6) is 0.564. The van der Waals surface area contributed by atoms with Crippen LogP contribution in [0.3, 0.4) is 0 Å². The van der Waals surface area contributed by atoms with Gasteiger partial charge in [-0.2, -0.15) is 0 Å². The number of benzene rings is 2. The smallest absolute Gasteiger partial charge is 0.337 e. The van der Waals surface area contributed by atoms with Crippen molar-refractivity contribution < 1.29 is 14.3 Å². The van der Waals surface area contributed by atoms with Gasteiger partial charge < -0.3 is 9.47 Å². The first kappa shape index (κ1) is 14.0. The molecular weight excluding hydrogens is 280 g/mol. The molecule has 0 radical (unpaired) electrons. The van der Waals surface area contributed by atoms with Gasteiger partial charge in [-0.3, -0.25) is 0 Å². The molecule has 0 aliphatic heterocycles. The van der Waals surface area contributed by atoms with Crippen LogP contribution in [0.1, 0.15) is 15.9 Å². The van der Waals surface area contributed by atoms with Gasteiger partial charge in [0.15, 0.2) is 0 Å². The second-order valence-electron chi connectivity index (χ2n) is 4.82. The lowest BCUT2D eigenvalue weighted by atomic mass is 10.1. The number of methoxy groups -OCH3 is 1. The molecule has 0 spiro atoms. The average molecular weight is 294 g/mol. The first-order chi connectivity index (χ1) is 10.7. The van der Waals surface area contributed by atoms with Gasteiger partial charge in [0.2, 0.25) is 5.88 Å². The van der Waals surface area contributed by atoms with Crippen LogP contribution in [0.15, 0.2) is 48.8 Å². The van der Waals surface area contributed by atoms with Crippen molar-refractivity contribution in [2.24, 2.45) is 0 Å². The molecule has 0 unspecified atom stereocenters. The van der Waals surface area contributed by atoms with E-state index < -0.39 is 5.97 Å². The maximum Gasteiger partial charge on any atom is 0.337 e. The first-order valence-corrected chi connectivity index (χ1v) is 6.75. The number of hydrogen-bond acceptors (Lipinski definition) is 5. The molecule has 0 fully saturated rings. The second kappa shape index (κ2) is 5.81. The van der Waals surface area contributed by atoms with Crippen molar-refractivity contribution in [2.75, 3.05) is 7.11 Å². The molecule has 0 saturated carbocycles. The molecule has 0 aliphatic rings. The molecule has 3 aromatic rings. The van der Waals surface area contributed by atoms with Crippen LogP contribution in [0.4, 0.5) is 0 Å². The molecule has 5 heteroatoms. The highest BCUT2D eigenvalue weighted by Crippen LogP contribution is 2.27. The monoisotopic (exact) mass is 294 g/mol. The zero-order valence-corrected chi connectivity index (χ0v) is 12.2. The Morgan fingerprint density at radius 1 is 1.09 bits per heavy atom. The number of nitrogens with zero attached hydrogens (tertiary/aromatic N) is 2. The topological polar surface area (TPSA) is 61.3 Å². The third-order valence-electron chi connectivity index (χ3n) is 3.22. The summed E-state index contributed by atoms with van der Waals surface area (Å²) in [5, 5.41) is 0.825. The number of aromatic nitrogens is 2. The van der Waals surface area contributed by atoms with Crippen LogP contribution in [0.25, 0.3) is 10.9 Å². The van der Waals surface area contributed by atoms with E-state index >= 15 is 0 Å². The van der Waals surface area contributed by atoms with E-state index in [1.54, 1.807) is 24.3 Å². The molecule has 110 valence electrons. The van der Waals surface area contributed by atoms with Gasteiger partial charge in [0, 0.05) is 0 Å². The van der Waals surface area contributed by atoms with E-state index in [1.165, 1.54) is 13.4 Å². The summed E-state index contributed by atoms with van der Waals surface area (Å²) < 4.78 is 10.5. The highest BCUT2D eigenvalue weighted by atomic mass is 16.5. The Hall–Kier alpha value is -2.95. The molecule has 1 aromatic heterocycles. The van der Waals surface area contributed by atoms with Gasteiger partial charge in [0.1, 0.15) is 12.1 Å². The number of carbonyl (C=O) groups excluding carboxylic acids is 1. The SMILES string of the molecule is COC(=O)c1cccc(Oc2ncnc3ccc(C)cc23)c1. The molecular formula is C17H14N2O3. The molecule has 3 rings (SSSR count). The van der Waals surface area contributed by atoms with E-state index in [0.29, 0.717) is 17.2 Å². The summed E-state index contributed by atoms with van der Waals surface area (Å²) in [6.45, 7) is 1.99. The number of ether oxygens (including phenoxy) is 2. The Bertz CT molecular complexity index is 846. The van der Waals surface area contributed by atoms with Crippen LogP contribution < -0.4 is 4.74 Å². The average Bonchev–Trinajstić information content (AvgIpc) is 2.55. The molecule has 0 aliphatic carbocycles. The third-order valence-corrected chi connectivity index (χ3v) is 3.22. The number of esters is 1. The van der Waals surface area contributed by atoms with Crippen molar-refractivity contribution in [3.05, 3.63) is 59.9 Å². The minimum Gasteiger partial charge on any atom is -0.465 e. The summed E-state index contributed by atoms with van der Waals surface area (Å²) in [4.78, 5) is 20.0.